The maximum Gasteiger partial charge on any atom is 0.410 e. The summed E-state index contributed by atoms with van der Waals surface area (Å²) >= 11 is 0. The number of carbonyl (C=O) groups is 2. The van der Waals surface area contributed by atoms with Crippen molar-refractivity contribution in [2.45, 2.75) is 44.6 Å². The highest BCUT2D eigenvalue weighted by Gasteiger charge is 2.44. The standard InChI is InChI=1S/C17H21F2NO4/c1-16(2,3)24-15(23)20-8-6-17(7-9-20,14(21)22)11-4-5-12(18)13(19)10-11/h4-5,10H,6-9H2,1-3H3,(H,21,22). The molecule has 24 heavy (non-hydrogen) atoms. The van der Waals surface area contributed by atoms with E-state index in [2.05, 4.69) is 0 Å². The fourth-order valence-corrected chi connectivity index (χ4v) is 2.82. The van der Waals surface area contributed by atoms with Gasteiger partial charge in [0.1, 0.15) is 5.60 Å². The summed E-state index contributed by atoms with van der Waals surface area (Å²) in [6.45, 7) is 5.58. The Hall–Kier alpha value is -2.18. The highest BCUT2D eigenvalue weighted by molar-refractivity contribution is 5.82. The molecule has 132 valence electrons. The van der Waals surface area contributed by atoms with E-state index in [1.165, 1.54) is 11.0 Å². The number of amides is 1. The fourth-order valence-electron chi connectivity index (χ4n) is 2.82. The maximum absolute atomic E-state index is 13.5. The van der Waals surface area contributed by atoms with Crippen LogP contribution in [0.25, 0.3) is 0 Å². The van der Waals surface area contributed by atoms with Gasteiger partial charge in [-0.3, -0.25) is 4.79 Å². The number of benzene rings is 1. The van der Waals surface area contributed by atoms with E-state index in [0.29, 0.717) is 0 Å². The van der Waals surface area contributed by atoms with Gasteiger partial charge >= 0.3 is 12.1 Å². The first kappa shape index (κ1) is 18.2. The summed E-state index contributed by atoms with van der Waals surface area (Å²) in [5.41, 5.74) is -1.77. The summed E-state index contributed by atoms with van der Waals surface area (Å²) in [5.74, 6) is -3.22. The van der Waals surface area contributed by atoms with Crippen LogP contribution in [0.2, 0.25) is 0 Å². The van der Waals surface area contributed by atoms with Crippen molar-refractivity contribution < 1.29 is 28.2 Å². The van der Waals surface area contributed by atoms with Crippen LogP contribution in [0.15, 0.2) is 18.2 Å². The van der Waals surface area contributed by atoms with Gasteiger partial charge in [-0.1, -0.05) is 6.07 Å². The summed E-state index contributed by atoms with van der Waals surface area (Å²) in [7, 11) is 0. The largest absolute Gasteiger partial charge is 0.481 e. The van der Waals surface area contributed by atoms with Crippen molar-refractivity contribution in [1.82, 2.24) is 4.90 Å². The van der Waals surface area contributed by atoms with Gasteiger partial charge in [-0.2, -0.15) is 0 Å². The SMILES string of the molecule is CC(C)(C)OC(=O)N1CCC(C(=O)O)(c2ccc(F)c(F)c2)CC1. The first-order valence-electron chi connectivity index (χ1n) is 7.72. The molecular weight excluding hydrogens is 320 g/mol. The maximum atomic E-state index is 13.5. The van der Waals surface area contributed by atoms with Gasteiger partial charge in [0.15, 0.2) is 11.6 Å². The van der Waals surface area contributed by atoms with E-state index in [1.54, 1.807) is 20.8 Å². The minimum atomic E-state index is -1.34. The van der Waals surface area contributed by atoms with E-state index in [1.807, 2.05) is 0 Å². The second-order valence-electron chi connectivity index (χ2n) is 6.98. The molecule has 1 aromatic carbocycles. The number of hydrogen-bond acceptors (Lipinski definition) is 3. The van der Waals surface area contributed by atoms with Crippen LogP contribution in [0, 0.1) is 11.6 Å². The Kier molecular flexibility index (Phi) is 4.82. The van der Waals surface area contributed by atoms with Crippen molar-refractivity contribution in [3.63, 3.8) is 0 Å². The van der Waals surface area contributed by atoms with E-state index in [-0.39, 0.29) is 31.5 Å². The molecule has 0 bridgehead atoms. The molecule has 1 amide bonds. The Balaban J connectivity index is 2.19. The first-order chi connectivity index (χ1) is 11.0. The number of piperidine rings is 1. The third kappa shape index (κ3) is 3.66. The number of aliphatic carboxylic acids is 1. The number of nitrogens with zero attached hydrogens (tertiary/aromatic N) is 1. The van der Waals surface area contributed by atoms with Gasteiger partial charge in [0.05, 0.1) is 5.41 Å². The molecule has 0 saturated carbocycles. The van der Waals surface area contributed by atoms with Crippen molar-refractivity contribution >= 4 is 12.1 Å². The molecule has 0 spiro atoms. The predicted molar refractivity (Wildman–Crippen MR) is 82.7 cm³/mol. The predicted octanol–water partition coefficient (Wildman–Crippen LogP) is 3.32. The molecular formula is C17H21F2NO4. The van der Waals surface area contributed by atoms with Crippen LogP contribution in [0.5, 0.6) is 0 Å². The molecule has 1 N–H and O–H groups in total. The zero-order chi connectivity index (χ0) is 18.1. The van der Waals surface area contributed by atoms with E-state index in [9.17, 15) is 23.5 Å². The normalized spacial score (nSPS) is 17.5. The smallest absolute Gasteiger partial charge is 0.410 e. The molecule has 2 rings (SSSR count). The third-order valence-electron chi connectivity index (χ3n) is 4.15. The highest BCUT2D eigenvalue weighted by atomic mass is 19.2. The Bertz CT molecular complexity index is 646. The number of carbonyl (C=O) groups excluding carboxylic acids is 1. The quantitative estimate of drug-likeness (QED) is 0.896. The van der Waals surface area contributed by atoms with Crippen molar-refractivity contribution in [1.29, 1.82) is 0 Å². The van der Waals surface area contributed by atoms with Crippen LogP contribution < -0.4 is 0 Å². The van der Waals surface area contributed by atoms with Crippen molar-refractivity contribution in [3.05, 3.63) is 35.4 Å². The van der Waals surface area contributed by atoms with Crippen LogP contribution >= 0.6 is 0 Å². The number of hydrogen-bond donors (Lipinski definition) is 1. The molecule has 1 aliphatic rings. The van der Waals surface area contributed by atoms with Crippen LogP contribution in [0.4, 0.5) is 13.6 Å². The van der Waals surface area contributed by atoms with Gasteiger partial charge in [-0.15, -0.1) is 0 Å². The Morgan fingerprint density at radius 2 is 1.75 bits per heavy atom. The average molecular weight is 341 g/mol. The number of likely N-dealkylation sites (tertiary alicyclic amines) is 1. The third-order valence-corrected chi connectivity index (χ3v) is 4.15. The van der Waals surface area contributed by atoms with Crippen LogP contribution in [-0.4, -0.2) is 40.8 Å². The van der Waals surface area contributed by atoms with Gasteiger partial charge in [0, 0.05) is 13.1 Å². The molecule has 1 fully saturated rings. The minimum Gasteiger partial charge on any atom is -0.481 e. The van der Waals surface area contributed by atoms with Gasteiger partial charge < -0.3 is 14.7 Å². The Morgan fingerprint density at radius 1 is 1.17 bits per heavy atom. The lowest BCUT2D eigenvalue weighted by molar-refractivity contribution is -0.146. The molecule has 0 atom stereocenters. The van der Waals surface area contributed by atoms with Crippen LogP contribution in [-0.2, 0) is 14.9 Å². The topological polar surface area (TPSA) is 66.8 Å². The monoisotopic (exact) mass is 341 g/mol. The van der Waals surface area contributed by atoms with E-state index < -0.39 is 34.7 Å². The highest BCUT2D eigenvalue weighted by Crippen LogP contribution is 2.37. The second kappa shape index (κ2) is 6.37. The van der Waals surface area contributed by atoms with Crippen molar-refractivity contribution in [2.24, 2.45) is 0 Å². The van der Waals surface area contributed by atoms with Crippen LogP contribution in [0.3, 0.4) is 0 Å². The van der Waals surface area contributed by atoms with Crippen molar-refractivity contribution in [2.75, 3.05) is 13.1 Å². The first-order valence-corrected chi connectivity index (χ1v) is 7.72. The van der Waals surface area contributed by atoms with E-state index >= 15 is 0 Å². The lowest BCUT2D eigenvalue weighted by Gasteiger charge is -2.39. The molecule has 1 heterocycles. The van der Waals surface area contributed by atoms with E-state index in [4.69, 9.17) is 4.74 Å². The van der Waals surface area contributed by atoms with Gasteiger partial charge in [0.25, 0.3) is 0 Å². The minimum absolute atomic E-state index is 0.104. The van der Waals surface area contributed by atoms with Gasteiger partial charge in [0.2, 0.25) is 0 Å². The zero-order valence-electron chi connectivity index (χ0n) is 13.9. The number of halogens is 2. The number of carboxylic acids is 1. The second-order valence-corrected chi connectivity index (χ2v) is 6.98. The summed E-state index contributed by atoms with van der Waals surface area (Å²) in [6.07, 6.45) is -0.300. The van der Waals surface area contributed by atoms with Crippen LogP contribution in [0.1, 0.15) is 39.2 Å². The van der Waals surface area contributed by atoms with Gasteiger partial charge in [-0.05, 0) is 51.3 Å². The average Bonchev–Trinajstić information content (AvgIpc) is 2.48. The Morgan fingerprint density at radius 3 is 2.21 bits per heavy atom. The summed E-state index contributed by atoms with van der Waals surface area (Å²) in [6, 6.07) is 3.14. The molecule has 0 radical (unpaired) electrons. The van der Waals surface area contributed by atoms with E-state index in [0.717, 1.165) is 12.1 Å². The molecule has 0 unspecified atom stereocenters. The fraction of sp³-hybridized carbons (Fsp3) is 0.529. The molecule has 7 heteroatoms. The number of carboxylic acid groups (broad SMARTS) is 1. The molecule has 1 aromatic rings. The molecule has 1 saturated heterocycles. The van der Waals surface area contributed by atoms with Gasteiger partial charge in [-0.25, -0.2) is 13.6 Å². The summed E-state index contributed by atoms with van der Waals surface area (Å²) < 4.78 is 31.9. The molecule has 0 aromatic heterocycles. The number of rotatable bonds is 2. The molecule has 5 nitrogen and oxygen atoms in total. The Labute approximate surface area is 139 Å². The lowest BCUT2D eigenvalue weighted by Crippen LogP contribution is -2.50. The summed E-state index contributed by atoms with van der Waals surface area (Å²) in [4.78, 5) is 25.3. The molecule has 1 aliphatic heterocycles. The molecule has 0 aliphatic carbocycles. The van der Waals surface area contributed by atoms with Crippen molar-refractivity contribution in [3.8, 4) is 0 Å². The zero-order valence-corrected chi connectivity index (χ0v) is 13.9. The lowest BCUT2D eigenvalue weighted by atomic mass is 9.73. The number of ether oxygens (including phenoxy) is 1. The summed E-state index contributed by atoms with van der Waals surface area (Å²) in [5, 5.41) is 9.66.